The predicted octanol–water partition coefficient (Wildman–Crippen LogP) is 5.59. The Bertz CT molecular complexity index is 976. The summed E-state index contributed by atoms with van der Waals surface area (Å²) in [7, 11) is 0. The molecule has 0 unspecified atom stereocenters. The third-order valence-electron chi connectivity index (χ3n) is 5.85. The largest absolute Gasteiger partial charge is 0.490 e. The molecule has 29 heavy (non-hydrogen) atoms. The van der Waals surface area contributed by atoms with Crippen molar-refractivity contribution in [2.75, 3.05) is 5.32 Å². The molecule has 1 aromatic heterocycles. The molecule has 0 radical (unpaired) electrons. The number of carbonyl (C=O) groups is 1. The SMILES string of the molecule is C[C@@H](C(=O)Nc1ccc(F)cc1)C1CCC(Oc2ccnc3ccccc23)CC1. The van der Waals surface area contributed by atoms with E-state index in [-0.39, 0.29) is 23.7 Å². The molecule has 2 aromatic carbocycles. The minimum atomic E-state index is -0.309. The van der Waals surface area contributed by atoms with Crippen LogP contribution in [0.15, 0.2) is 60.8 Å². The highest BCUT2D eigenvalue weighted by atomic mass is 19.1. The van der Waals surface area contributed by atoms with Gasteiger partial charge in [0.05, 0.1) is 11.6 Å². The third kappa shape index (κ3) is 4.56. The van der Waals surface area contributed by atoms with E-state index < -0.39 is 0 Å². The molecule has 1 heterocycles. The van der Waals surface area contributed by atoms with Crippen LogP contribution in [0.3, 0.4) is 0 Å². The van der Waals surface area contributed by atoms with Crippen LogP contribution in [0.4, 0.5) is 10.1 Å². The molecule has 4 rings (SSSR count). The van der Waals surface area contributed by atoms with Gasteiger partial charge in [-0.15, -0.1) is 0 Å². The molecular formula is C24H25FN2O2. The van der Waals surface area contributed by atoms with Crippen LogP contribution in [0.25, 0.3) is 10.9 Å². The van der Waals surface area contributed by atoms with E-state index in [2.05, 4.69) is 10.3 Å². The first kappa shape index (κ1) is 19.4. The van der Waals surface area contributed by atoms with Crippen molar-refractivity contribution in [1.29, 1.82) is 0 Å². The Labute approximate surface area is 170 Å². The molecule has 4 nitrogen and oxygen atoms in total. The van der Waals surface area contributed by atoms with Gasteiger partial charge in [-0.2, -0.15) is 0 Å². The maximum Gasteiger partial charge on any atom is 0.227 e. The van der Waals surface area contributed by atoms with E-state index in [1.807, 2.05) is 37.3 Å². The Morgan fingerprint density at radius 1 is 1.07 bits per heavy atom. The van der Waals surface area contributed by atoms with Crippen molar-refractivity contribution in [3.05, 3.63) is 66.6 Å². The molecule has 0 bridgehead atoms. The molecular weight excluding hydrogens is 367 g/mol. The smallest absolute Gasteiger partial charge is 0.227 e. The van der Waals surface area contributed by atoms with Crippen molar-refractivity contribution < 1.29 is 13.9 Å². The summed E-state index contributed by atoms with van der Waals surface area (Å²) in [6.45, 7) is 1.97. The minimum absolute atomic E-state index is 0.0129. The lowest BCUT2D eigenvalue weighted by molar-refractivity contribution is -0.121. The van der Waals surface area contributed by atoms with Gasteiger partial charge in [-0.3, -0.25) is 9.78 Å². The number of halogens is 1. The molecule has 3 aromatic rings. The maximum atomic E-state index is 13.0. The number of pyridine rings is 1. The highest BCUT2D eigenvalue weighted by Gasteiger charge is 2.30. The molecule has 1 aliphatic rings. The summed E-state index contributed by atoms with van der Waals surface area (Å²) in [6, 6.07) is 15.8. The van der Waals surface area contributed by atoms with E-state index in [9.17, 15) is 9.18 Å². The first-order valence-corrected chi connectivity index (χ1v) is 10.2. The number of anilines is 1. The number of rotatable bonds is 5. The van der Waals surface area contributed by atoms with Crippen LogP contribution in [0.2, 0.25) is 0 Å². The van der Waals surface area contributed by atoms with E-state index in [0.29, 0.717) is 11.6 Å². The molecule has 5 heteroatoms. The van der Waals surface area contributed by atoms with Crippen molar-refractivity contribution in [3.63, 3.8) is 0 Å². The van der Waals surface area contributed by atoms with Gasteiger partial charge in [-0.05, 0) is 74.1 Å². The van der Waals surface area contributed by atoms with Crippen LogP contribution < -0.4 is 10.1 Å². The molecule has 1 N–H and O–H groups in total. The zero-order valence-corrected chi connectivity index (χ0v) is 16.5. The van der Waals surface area contributed by atoms with Gasteiger partial charge in [0.1, 0.15) is 11.6 Å². The number of hydrogen-bond acceptors (Lipinski definition) is 3. The predicted molar refractivity (Wildman–Crippen MR) is 112 cm³/mol. The van der Waals surface area contributed by atoms with Gasteiger partial charge in [-0.1, -0.05) is 19.1 Å². The standard InChI is InChI=1S/C24H25FN2O2/c1-16(24(28)27-19-10-8-18(25)9-11-19)17-6-12-20(13-7-17)29-23-14-15-26-22-5-3-2-4-21(22)23/h2-5,8-11,14-17,20H,6-7,12-13H2,1H3,(H,27,28)/t16-,17?,20?/m1/s1. The number of fused-ring (bicyclic) bond motifs is 1. The Balaban J connectivity index is 1.32. The number of hydrogen-bond donors (Lipinski definition) is 1. The monoisotopic (exact) mass is 392 g/mol. The van der Waals surface area contributed by atoms with Gasteiger partial charge >= 0.3 is 0 Å². The van der Waals surface area contributed by atoms with Crippen LogP contribution in [-0.4, -0.2) is 17.0 Å². The van der Waals surface area contributed by atoms with Crippen LogP contribution in [0.5, 0.6) is 5.75 Å². The van der Waals surface area contributed by atoms with Gasteiger partial charge in [0.15, 0.2) is 0 Å². The fourth-order valence-electron chi connectivity index (χ4n) is 4.06. The Morgan fingerprint density at radius 2 is 1.79 bits per heavy atom. The number of carbonyl (C=O) groups excluding carboxylic acids is 1. The topological polar surface area (TPSA) is 51.2 Å². The second kappa shape index (κ2) is 8.60. The molecule has 1 aliphatic carbocycles. The summed E-state index contributed by atoms with van der Waals surface area (Å²) in [6.07, 6.45) is 5.69. The third-order valence-corrected chi connectivity index (χ3v) is 5.85. The molecule has 1 atom stereocenters. The molecule has 0 saturated heterocycles. The second-order valence-electron chi connectivity index (χ2n) is 7.77. The van der Waals surface area contributed by atoms with Crippen molar-refractivity contribution in [3.8, 4) is 5.75 Å². The average Bonchev–Trinajstić information content (AvgIpc) is 2.75. The van der Waals surface area contributed by atoms with Gasteiger partial charge in [-0.25, -0.2) is 4.39 Å². The highest BCUT2D eigenvalue weighted by Crippen LogP contribution is 2.34. The number of aromatic nitrogens is 1. The fraction of sp³-hybridized carbons (Fsp3) is 0.333. The van der Waals surface area contributed by atoms with Gasteiger partial charge < -0.3 is 10.1 Å². The number of ether oxygens (including phenoxy) is 1. The minimum Gasteiger partial charge on any atom is -0.490 e. The normalized spacial score (nSPS) is 20.2. The van der Waals surface area contributed by atoms with Gasteiger partial charge in [0.2, 0.25) is 5.91 Å². The second-order valence-corrected chi connectivity index (χ2v) is 7.77. The van der Waals surface area contributed by atoms with Crippen molar-refractivity contribution in [2.24, 2.45) is 11.8 Å². The average molecular weight is 392 g/mol. The summed E-state index contributed by atoms with van der Waals surface area (Å²) in [4.78, 5) is 17.0. The summed E-state index contributed by atoms with van der Waals surface area (Å²) >= 11 is 0. The summed E-state index contributed by atoms with van der Waals surface area (Å²) in [5.74, 6) is 0.783. The quantitative estimate of drug-likeness (QED) is 0.616. The van der Waals surface area contributed by atoms with Crippen molar-refractivity contribution in [2.45, 2.75) is 38.7 Å². The fourth-order valence-corrected chi connectivity index (χ4v) is 4.06. The molecule has 1 amide bonds. The Morgan fingerprint density at radius 3 is 2.55 bits per heavy atom. The lowest BCUT2D eigenvalue weighted by Gasteiger charge is -2.32. The van der Waals surface area contributed by atoms with Crippen LogP contribution in [0, 0.1) is 17.7 Å². The number of para-hydroxylation sites is 1. The van der Waals surface area contributed by atoms with Crippen molar-refractivity contribution in [1.82, 2.24) is 4.98 Å². The number of benzene rings is 2. The lowest BCUT2D eigenvalue weighted by Crippen LogP contribution is -2.32. The summed E-state index contributed by atoms with van der Waals surface area (Å²) in [5, 5.41) is 3.93. The highest BCUT2D eigenvalue weighted by molar-refractivity contribution is 5.92. The van der Waals surface area contributed by atoms with E-state index in [1.54, 1.807) is 18.3 Å². The molecule has 1 saturated carbocycles. The summed E-state index contributed by atoms with van der Waals surface area (Å²) < 4.78 is 19.3. The van der Waals surface area contributed by atoms with E-state index in [1.165, 1.54) is 12.1 Å². The Hall–Kier alpha value is -2.95. The van der Waals surface area contributed by atoms with Crippen LogP contribution in [-0.2, 0) is 4.79 Å². The van der Waals surface area contributed by atoms with E-state index >= 15 is 0 Å². The Kier molecular flexibility index (Phi) is 5.74. The van der Waals surface area contributed by atoms with Gasteiger partial charge in [0, 0.05) is 23.2 Å². The van der Waals surface area contributed by atoms with Crippen molar-refractivity contribution >= 4 is 22.5 Å². The van der Waals surface area contributed by atoms with Crippen LogP contribution >= 0.6 is 0 Å². The van der Waals surface area contributed by atoms with Crippen LogP contribution in [0.1, 0.15) is 32.6 Å². The van der Waals surface area contributed by atoms with E-state index in [4.69, 9.17) is 4.74 Å². The first-order chi connectivity index (χ1) is 14.1. The first-order valence-electron chi connectivity index (χ1n) is 10.2. The number of nitrogens with zero attached hydrogens (tertiary/aromatic N) is 1. The number of amides is 1. The molecule has 0 spiro atoms. The van der Waals surface area contributed by atoms with E-state index in [0.717, 1.165) is 42.3 Å². The summed E-state index contributed by atoms with van der Waals surface area (Å²) in [5.41, 5.74) is 1.56. The number of nitrogens with one attached hydrogen (secondary N) is 1. The molecule has 0 aliphatic heterocycles. The zero-order valence-electron chi connectivity index (χ0n) is 16.5. The maximum absolute atomic E-state index is 13.0. The molecule has 150 valence electrons. The zero-order chi connectivity index (χ0) is 20.2. The van der Waals surface area contributed by atoms with Gasteiger partial charge in [0.25, 0.3) is 0 Å². The lowest BCUT2D eigenvalue weighted by atomic mass is 9.79. The molecule has 1 fully saturated rings.